The van der Waals surface area contributed by atoms with Crippen LogP contribution >= 0.6 is 0 Å². The number of nitrogens with zero attached hydrogens (tertiary/aromatic N) is 1. The number of amides is 1. The number of benzene rings is 2. The fourth-order valence-electron chi connectivity index (χ4n) is 2.59. The van der Waals surface area contributed by atoms with E-state index in [4.69, 9.17) is 4.74 Å². The van der Waals surface area contributed by atoms with E-state index in [0.29, 0.717) is 22.6 Å². The molecule has 4 rings (SSSR count). The Morgan fingerprint density at radius 1 is 0.895 bits per heavy atom. The number of ether oxygens (including phenoxy) is 1. The summed E-state index contributed by atoms with van der Waals surface area (Å²) in [6.45, 7) is 0. The highest BCUT2D eigenvalue weighted by atomic mass is 16.5. The maximum atomic E-state index is 12.5. The Kier molecular flexibility index (Phi) is 1.87. The van der Waals surface area contributed by atoms with Crippen LogP contribution < -0.4 is 9.64 Å². The second-order valence-corrected chi connectivity index (χ2v) is 4.52. The lowest BCUT2D eigenvalue weighted by Gasteiger charge is -2.28. The van der Waals surface area contributed by atoms with Crippen molar-refractivity contribution in [3.63, 3.8) is 0 Å². The molecule has 4 heteroatoms. The monoisotopic (exact) mass is 251 g/mol. The van der Waals surface area contributed by atoms with Gasteiger partial charge in [0, 0.05) is 5.56 Å². The van der Waals surface area contributed by atoms with Crippen LogP contribution in [0.25, 0.3) is 0 Å². The SMILES string of the molecule is O=C1c2ccccc2C(=O)N2c3ccccc3OC12. The zero-order valence-electron chi connectivity index (χ0n) is 9.87. The summed E-state index contributed by atoms with van der Waals surface area (Å²) in [7, 11) is 0. The largest absolute Gasteiger partial charge is 0.460 e. The van der Waals surface area contributed by atoms with Crippen LogP contribution in [0.4, 0.5) is 5.69 Å². The van der Waals surface area contributed by atoms with Crippen molar-refractivity contribution in [1.82, 2.24) is 0 Å². The van der Waals surface area contributed by atoms with Crippen LogP contribution in [0.15, 0.2) is 48.5 Å². The summed E-state index contributed by atoms with van der Waals surface area (Å²) in [5.74, 6) is 0.207. The van der Waals surface area contributed by atoms with Crippen molar-refractivity contribution < 1.29 is 14.3 Å². The van der Waals surface area contributed by atoms with E-state index in [2.05, 4.69) is 0 Å². The first-order valence-electron chi connectivity index (χ1n) is 6.00. The van der Waals surface area contributed by atoms with E-state index in [-0.39, 0.29) is 11.7 Å². The van der Waals surface area contributed by atoms with E-state index in [1.54, 1.807) is 36.4 Å². The van der Waals surface area contributed by atoms with Crippen molar-refractivity contribution in [2.45, 2.75) is 6.23 Å². The summed E-state index contributed by atoms with van der Waals surface area (Å²) >= 11 is 0. The van der Waals surface area contributed by atoms with E-state index < -0.39 is 6.23 Å². The molecule has 0 aromatic heterocycles. The van der Waals surface area contributed by atoms with E-state index >= 15 is 0 Å². The molecule has 0 fully saturated rings. The summed E-state index contributed by atoms with van der Waals surface area (Å²) in [6, 6.07) is 14.0. The van der Waals surface area contributed by atoms with Crippen LogP contribution in [-0.4, -0.2) is 17.9 Å². The Morgan fingerprint density at radius 3 is 2.42 bits per heavy atom. The van der Waals surface area contributed by atoms with Gasteiger partial charge in [-0.05, 0) is 18.2 Å². The number of hydrogen-bond donors (Lipinski definition) is 0. The maximum Gasteiger partial charge on any atom is 0.262 e. The molecule has 0 N–H and O–H groups in total. The van der Waals surface area contributed by atoms with Gasteiger partial charge in [-0.15, -0.1) is 0 Å². The van der Waals surface area contributed by atoms with E-state index in [0.717, 1.165) is 0 Å². The van der Waals surface area contributed by atoms with Gasteiger partial charge in [0.25, 0.3) is 5.91 Å². The molecule has 1 amide bonds. The molecule has 2 aliphatic rings. The van der Waals surface area contributed by atoms with Gasteiger partial charge in [0.2, 0.25) is 12.0 Å². The van der Waals surface area contributed by atoms with Crippen molar-refractivity contribution in [2.24, 2.45) is 0 Å². The molecule has 19 heavy (non-hydrogen) atoms. The first-order valence-corrected chi connectivity index (χ1v) is 6.00. The van der Waals surface area contributed by atoms with Crippen molar-refractivity contribution in [3.8, 4) is 5.75 Å². The Balaban J connectivity index is 1.95. The molecule has 92 valence electrons. The number of para-hydroxylation sites is 2. The maximum absolute atomic E-state index is 12.5. The molecular formula is C15H9NO3. The number of Topliss-reactive ketones (excluding diaryl/α,β-unsaturated/α-hetero) is 1. The van der Waals surface area contributed by atoms with Crippen LogP contribution in [-0.2, 0) is 0 Å². The fraction of sp³-hybridized carbons (Fsp3) is 0.0667. The molecule has 2 aromatic carbocycles. The highest BCUT2D eigenvalue weighted by molar-refractivity contribution is 6.23. The molecule has 0 radical (unpaired) electrons. The fourth-order valence-corrected chi connectivity index (χ4v) is 2.59. The summed E-state index contributed by atoms with van der Waals surface area (Å²) in [5.41, 5.74) is 1.52. The number of carbonyl (C=O) groups excluding carboxylic acids is 2. The van der Waals surface area contributed by atoms with Gasteiger partial charge in [-0.2, -0.15) is 0 Å². The zero-order valence-corrected chi connectivity index (χ0v) is 9.87. The Hall–Kier alpha value is -2.62. The minimum Gasteiger partial charge on any atom is -0.460 e. The summed E-state index contributed by atoms with van der Waals surface area (Å²) in [4.78, 5) is 26.3. The summed E-state index contributed by atoms with van der Waals surface area (Å²) in [5, 5.41) is 0. The minimum absolute atomic E-state index is 0.175. The molecule has 1 atom stereocenters. The second kappa shape index (κ2) is 3.45. The van der Waals surface area contributed by atoms with Crippen LogP contribution in [0.3, 0.4) is 0 Å². The van der Waals surface area contributed by atoms with Crippen LogP contribution in [0, 0.1) is 0 Å². The third-order valence-corrected chi connectivity index (χ3v) is 3.46. The highest BCUT2D eigenvalue weighted by Crippen LogP contribution is 2.41. The number of rotatable bonds is 0. The highest BCUT2D eigenvalue weighted by Gasteiger charge is 2.45. The third-order valence-electron chi connectivity index (χ3n) is 3.46. The predicted octanol–water partition coefficient (Wildman–Crippen LogP) is 2.25. The van der Waals surface area contributed by atoms with Crippen LogP contribution in [0.1, 0.15) is 20.7 Å². The molecule has 4 nitrogen and oxygen atoms in total. The lowest BCUT2D eigenvalue weighted by molar-refractivity contribution is 0.0739. The van der Waals surface area contributed by atoms with Gasteiger partial charge in [-0.1, -0.05) is 30.3 Å². The lowest BCUT2D eigenvalue weighted by atomic mass is 9.97. The average Bonchev–Trinajstić information content (AvgIpc) is 2.84. The zero-order chi connectivity index (χ0) is 13.0. The number of carbonyl (C=O) groups is 2. The number of anilines is 1. The molecule has 0 spiro atoms. The smallest absolute Gasteiger partial charge is 0.262 e. The third kappa shape index (κ3) is 1.23. The first-order chi connectivity index (χ1) is 9.27. The van der Waals surface area contributed by atoms with E-state index in [1.165, 1.54) is 4.90 Å². The summed E-state index contributed by atoms with van der Waals surface area (Å²) < 4.78 is 5.61. The molecule has 2 aromatic rings. The van der Waals surface area contributed by atoms with Gasteiger partial charge < -0.3 is 4.74 Å². The van der Waals surface area contributed by atoms with Gasteiger partial charge in [0.05, 0.1) is 11.3 Å². The van der Waals surface area contributed by atoms with Gasteiger partial charge in [0.1, 0.15) is 5.75 Å². The van der Waals surface area contributed by atoms with Gasteiger partial charge in [-0.3, -0.25) is 14.5 Å². The summed E-state index contributed by atoms with van der Waals surface area (Å²) in [6.07, 6.45) is -0.861. The Morgan fingerprint density at radius 2 is 1.58 bits per heavy atom. The first kappa shape index (κ1) is 10.3. The van der Waals surface area contributed by atoms with Gasteiger partial charge in [0.15, 0.2) is 0 Å². The minimum atomic E-state index is -0.861. The molecule has 2 heterocycles. The average molecular weight is 251 g/mol. The van der Waals surface area contributed by atoms with E-state index in [9.17, 15) is 9.59 Å². The lowest BCUT2D eigenvalue weighted by Crippen LogP contribution is -2.49. The number of hydrogen-bond acceptors (Lipinski definition) is 3. The van der Waals surface area contributed by atoms with Gasteiger partial charge in [-0.25, -0.2) is 0 Å². The Labute approximate surface area is 109 Å². The molecule has 0 aliphatic carbocycles. The standard InChI is InChI=1S/C15H9NO3/c17-13-9-5-1-2-6-10(9)14(18)16-11-7-3-4-8-12(11)19-15(13)16/h1-8,15H. The van der Waals surface area contributed by atoms with Gasteiger partial charge >= 0.3 is 0 Å². The Bertz CT molecular complexity index is 723. The molecule has 0 saturated carbocycles. The molecular weight excluding hydrogens is 242 g/mol. The number of fused-ring (bicyclic) bond motifs is 4. The topological polar surface area (TPSA) is 46.6 Å². The van der Waals surface area contributed by atoms with Crippen molar-refractivity contribution >= 4 is 17.4 Å². The van der Waals surface area contributed by atoms with Crippen molar-refractivity contribution in [1.29, 1.82) is 0 Å². The molecule has 0 bridgehead atoms. The molecule has 2 aliphatic heterocycles. The second-order valence-electron chi connectivity index (χ2n) is 4.52. The quantitative estimate of drug-likeness (QED) is 0.721. The van der Waals surface area contributed by atoms with E-state index in [1.807, 2.05) is 12.1 Å². The number of ketones is 1. The van der Waals surface area contributed by atoms with Crippen molar-refractivity contribution in [3.05, 3.63) is 59.7 Å². The predicted molar refractivity (Wildman–Crippen MR) is 68.4 cm³/mol. The molecule has 1 unspecified atom stereocenters. The van der Waals surface area contributed by atoms with Crippen LogP contribution in [0.2, 0.25) is 0 Å². The normalized spacial score (nSPS) is 19.6. The van der Waals surface area contributed by atoms with Crippen molar-refractivity contribution in [2.75, 3.05) is 4.90 Å². The molecule has 0 saturated heterocycles. The van der Waals surface area contributed by atoms with Crippen LogP contribution in [0.5, 0.6) is 5.75 Å².